The summed E-state index contributed by atoms with van der Waals surface area (Å²) < 4.78 is 5.44. The zero-order chi connectivity index (χ0) is 19.9. The summed E-state index contributed by atoms with van der Waals surface area (Å²) in [5.74, 6) is 1.84. The van der Waals surface area contributed by atoms with E-state index in [1.807, 2.05) is 12.3 Å². The fraction of sp³-hybridized carbons (Fsp3) is 0.478. The fourth-order valence-electron chi connectivity index (χ4n) is 4.03. The largest absolute Gasteiger partial charge is 0.378 e. The number of aromatic nitrogens is 2. The molecule has 2 aliphatic rings. The Morgan fingerprint density at radius 2 is 1.83 bits per heavy atom. The molecule has 0 N–H and O–H groups in total. The van der Waals surface area contributed by atoms with Crippen molar-refractivity contribution in [2.24, 2.45) is 0 Å². The summed E-state index contributed by atoms with van der Waals surface area (Å²) in [5, 5.41) is 0. The Hall–Kier alpha value is -2.44. The molecule has 0 spiro atoms. The molecule has 1 aromatic heterocycles. The van der Waals surface area contributed by atoms with Gasteiger partial charge in [0, 0.05) is 52.0 Å². The highest BCUT2D eigenvalue weighted by Gasteiger charge is 2.23. The molecule has 0 aliphatic carbocycles. The molecule has 29 heavy (non-hydrogen) atoms. The van der Waals surface area contributed by atoms with Gasteiger partial charge in [0.05, 0.1) is 13.2 Å². The molecule has 6 nitrogen and oxygen atoms in total. The van der Waals surface area contributed by atoms with E-state index in [0.717, 1.165) is 70.5 Å². The third kappa shape index (κ3) is 5.34. The van der Waals surface area contributed by atoms with Crippen molar-refractivity contribution < 1.29 is 4.74 Å². The fourth-order valence-corrected chi connectivity index (χ4v) is 4.03. The number of likely N-dealkylation sites (tertiary alicyclic amines) is 1. The van der Waals surface area contributed by atoms with Crippen molar-refractivity contribution in [3.05, 3.63) is 54.2 Å². The van der Waals surface area contributed by atoms with Crippen molar-refractivity contribution in [3.8, 4) is 0 Å². The maximum Gasteiger partial charge on any atom is 0.227 e. The number of piperidine rings is 1. The van der Waals surface area contributed by atoms with Crippen LogP contribution in [0.3, 0.4) is 0 Å². The minimum atomic E-state index is 0.525. The van der Waals surface area contributed by atoms with Crippen molar-refractivity contribution >= 4 is 17.8 Å². The summed E-state index contributed by atoms with van der Waals surface area (Å²) in [6, 6.07) is 13.1. The number of benzene rings is 1. The van der Waals surface area contributed by atoms with Crippen LogP contribution in [0.5, 0.6) is 0 Å². The van der Waals surface area contributed by atoms with E-state index in [1.54, 1.807) is 0 Å². The van der Waals surface area contributed by atoms with Gasteiger partial charge in [0.25, 0.3) is 0 Å². The number of anilines is 2. The molecule has 3 heterocycles. The van der Waals surface area contributed by atoms with Crippen molar-refractivity contribution in [1.82, 2.24) is 14.9 Å². The summed E-state index contributed by atoms with van der Waals surface area (Å²) in [6.45, 7) is 6.48. The van der Waals surface area contributed by atoms with Crippen LogP contribution in [0.25, 0.3) is 6.08 Å². The molecule has 1 aromatic carbocycles. The summed E-state index contributed by atoms with van der Waals surface area (Å²) in [6.07, 6.45) is 8.69. The highest BCUT2D eigenvalue weighted by atomic mass is 16.5. The van der Waals surface area contributed by atoms with E-state index in [1.165, 1.54) is 5.56 Å². The summed E-state index contributed by atoms with van der Waals surface area (Å²) in [5.41, 5.74) is 1.27. The van der Waals surface area contributed by atoms with Gasteiger partial charge in [0.2, 0.25) is 5.95 Å². The normalized spacial score (nSPS) is 19.0. The van der Waals surface area contributed by atoms with Crippen LogP contribution >= 0.6 is 0 Å². The third-order valence-corrected chi connectivity index (χ3v) is 5.86. The second kappa shape index (κ2) is 9.85. The van der Waals surface area contributed by atoms with Crippen LogP contribution in [-0.4, -0.2) is 73.9 Å². The lowest BCUT2D eigenvalue weighted by molar-refractivity contribution is 0.122. The molecular weight excluding hydrogens is 362 g/mol. The number of nitrogens with zero attached hydrogens (tertiary/aromatic N) is 5. The number of ether oxygens (including phenoxy) is 1. The third-order valence-electron chi connectivity index (χ3n) is 5.86. The molecule has 2 fully saturated rings. The van der Waals surface area contributed by atoms with E-state index in [4.69, 9.17) is 9.72 Å². The van der Waals surface area contributed by atoms with E-state index in [0.29, 0.717) is 6.04 Å². The standard InChI is InChI=1S/C23H31N5O/c1-26(22-9-12-24-23(25-22)28-16-18-29-19-17-28)21-10-14-27(15-11-21)13-5-8-20-6-3-2-4-7-20/h2-9,12,21H,10-11,13-19H2,1H3/b8-5+. The van der Waals surface area contributed by atoms with Gasteiger partial charge in [0.1, 0.15) is 5.82 Å². The molecule has 6 heteroatoms. The Morgan fingerprint density at radius 1 is 1.07 bits per heavy atom. The molecule has 2 aliphatic heterocycles. The molecular formula is C23H31N5O. The summed E-state index contributed by atoms with van der Waals surface area (Å²) >= 11 is 0. The van der Waals surface area contributed by atoms with Crippen LogP contribution in [0.2, 0.25) is 0 Å². The van der Waals surface area contributed by atoms with Crippen LogP contribution in [0.15, 0.2) is 48.7 Å². The van der Waals surface area contributed by atoms with Crippen molar-refractivity contribution in [3.63, 3.8) is 0 Å². The topological polar surface area (TPSA) is 44.7 Å². The Bertz CT molecular complexity index is 783. The molecule has 0 bridgehead atoms. The highest BCUT2D eigenvalue weighted by Crippen LogP contribution is 2.22. The molecule has 4 rings (SSSR count). The van der Waals surface area contributed by atoms with E-state index in [-0.39, 0.29) is 0 Å². The van der Waals surface area contributed by atoms with Crippen molar-refractivity contribution in [1.29, 1.82) is 0 Å². The zero-order valence-corrected chi connectivity index (χ0v) is 17.3. The summed E-state index contributed by atoms with van der Waals surface area (Å²) in [7, 11) is 2.17. The molecule has 0 radical (unpaired) electrons. The smallest absolute Gasteiger partial charge is 0.227 e. The highest BCUT2D eigenvalue weighted by molar-refractivity contribution is 5.49. The van der Waals surface area contributed by atoms with Crippen molar-refractivity contribution in [2.75, 3.05) is 62.8 Å². The van der Waals surface area contributed by atoms with Gasteiger partial charge in [0.15, 0.2) is 0 Å². The average molecular weight is 394 g/mol. The predicted octanol–water partition coefficient (Wildman–Crippen LogP) is 2.93. The van der Waals surface area contributed by atoms with E-state index in [2.05, 4.69) is 69.2 Å². The first-order chi connectivity index (χ1) is 14.3. The van der Waals surface area contributed by atoms with Crippen LogP contribution in [-0.2, 0) is 4.74 Å². The SMILES string of the molecule is CN(c1ccnc(N2CCOCC2)n1)C1CCN(C/C=C/c2ccccc2)CC1. The Balaban J connectivity index is 1.28. The second-order valence-corrected chi connectivity index (χ2v) is 7.77. The van der Waals surface area contributed by atoms with Crippen LogP contribution in [0.1, 0.15) is 18.4 Å². The van der Waals surface area contributed by atoms with Crippen LogP contribution < -0.4 is 9.80 Å². The average Bonchev–Trinajstić information content (AvgIpc) is 2.80. The molecule has 2 saturated heterocycles. The van der Waals surface area contributed by atoms with Gasteiger partial charge in [-0.25, -0.2) is 4.98 Å². The summed E-state index contributed by atoms with van der Waals surface area (Å²) in [4.78, 5) is 16.4. The van der Waals surface area contributed by atoms with Gasteiger partial charge < -0.3 is 14.5 Å². The van der Waals surface area contributed by atoms with Gasteiger partial charge in [-0.1, -0.05) is 42.5 Å². The van der Waals surface area contributed by atoms with Gasteiger partial charge in [-0.15, -0.1) is 0 Å². The maximum atomic E-state index is 5.44. The lowest BCUT2D eigenvalue weighted by atomic mass is 10.0. The Labute approximate surface area is 173 Å². The van der Waals surface area contributed by atoms with Crippen LogP contribution in [0, 0.1) is 0 Å². The first-order valence-corrected chi connectivity index (χ1v) is 10.6. The van der Waals surface area contributed by atoms with E-state index in [9.17, 15) is 0 Å². The first kappa shape index (κ1) is 19.9. The second-order valence-electron chi connectivity index (χ2n) is 7.77. The Kier molecular flexibility index (Phi) is 6.75. The Morgan fingerprint density at radius 3 is 2.59 bits per heavy atom. The quantitative estimate of drug-likeness (QED) is 0.752. The molecule has 0 amide bonds. The zero-order valence-electron chi connectivity index (χ0n) is 17.3. The molecule has 154 valence electrons. The molecule has 0 saturated carbocycles. The van der Waals surface area contributed by atoms with Crippen molar-refractivity contribution in [2.45, 2.75) is 18.9 Å². The number of hydrogen-bond acceptors (Lipinski definition) is 6. The predicted molar refractivity (Wildman–Crippen MR) is 118 cm³/mol. The number of hydrogen-bond donors (Lipinski definition) is 0. The minimum Gasteiger partial charge on any atom is -0.378 e. The van der Waals surface area contributed by atoms with Gasteiger partial charge in [-0.3, -0.25) is 4.90 Å². The van der Waals surface area contributed by atoms with E-state index < -0.39 is 0 Å². The monoisotopic (exact) mass is 393 g/mol. The molecule has 0 atom stereocenters. The van der Waals surface area contributed by atoms with E-state index >= 15 is 0 Å². The van der Waals surface area contributed by atoms with Gasteiger partial charge >= 0.3 is 0 Å². The number of rotatable bonds is 6. The van der Waals surface area contributed by atoms with Crippen LogP contribution in [0.4, 0.5) is 11.8 Å². The first-order valence-electron chi connectivity index (χ1n) is 10.6. The van der Waals surface area contributed by atoms with Gasteiger partial charge in [-0.05, 0) is 24.5 Å². The maximum absolute atomic E-state index is 5.44. The minimum absolute atomic E-state index is 0.525. The number of morpholine rings is 1. The lowest BCUT2D eigenvalue weighted by Crippen LogP contribution is -2.44. The van der Waals surface area contributed by atoms with Gasteiger partial charge in [-0.2, -0.15) is 4.98 Å². The molecule has 0 unspecified atom stereocenters. The molecule has 2 aromatic rings. The lowest BCUT2D eigenvalue weighted by Gasteiger charge is -2.37.